The van der Waals surface area contributed by atoms with Crippen molar-refractivity contribution in [2.24, 2.45) is 0 Å². The normalized spacial score (nSPS) is 10.6. The molecule has 0 radical (unpaired) electrons. The number of Topliss-reactive ketones (excluding diaryl/α,β-unsaturated/α-hetero) is 1. The van der Waals surface area contributed by atoms with Crippen molar-refractivity contribution in [3.63, 3.8) is 0 Å². The van der Waals surface area contributed by atoms with Gasteiger partial charge in [-0.2, -0.15) is 0 Å². The minimum atomic E-state index is -2.53. The van der Waals surface area contributed by atoms with Crippen LogP contribution in [0.3, 0.4) is 0 Å². The highest BCUT2D eigenvalue weighted by molar-refractivity contribution is 5.97. The molecular weight excluding hydrogens is 188 g/mol. The number of carbonyl (C=O) groups is 1. The maximum Gasteiger partial charge on any atom is 0.263 e. The predicted octanol–water partition coefficient (Wildman–Crippen LogP) is 2.03. The Hall–Kier alpha value is -1.29. The lowest BCUT2D eigenvalue weighted by Crippen LogP contribution is -2.18. The van der Waals surface area contributed by atoms with Crippen LogP contribution in [0, 0.1) is 0 Å². The topological polar surface area (TPSA) is 29.1 Å². The Morgan fingerprint density at radius 3 is 2.79 bits per heavy atom. The van der Waals surface area contributed by atoms with Crippen molar-refractivity contribution in [2.45, 2.75) is 6.43 Å². The Kier molecular flexibility index (Phi) is 3.71. The van der Waals surface area contributed by atoms with Gasteiger partial charge in [0.1, 0.15) is 0 Å². The summed E-state index contributed by atoms with van der Waals surface area (Å²) in [7, 11) is 1.63. The maximum absolute atomic E-state index is 12.3. The first-order chi connectivity index (χ1) is 6.65. The Bertz CT molecular complexity index is 326. The Morgan fingerprint density at radius 1 is 1.50 bits per heavy atom. The third kappa shape index (κ3) is 2.60. The molecule has 0 spiro atoms. The molecule has 0 bridgehead atoms. The van der Waals surface area contributed by atoms with Crippen LogP contribution in [0.15, 0.2) is 24.3 Å². The Balaban J connectivity index is 2.88. The van der Waals surface area contributed by atoms with E-state index in [1.165, 1.54) is 24.3 Å². The van der Waals surface area contributed by atoms with E-state index in [0.29, 0.717) is 5.56 Å². The summed E-state index contributed by atoms with van der Waals surface area (Å²) >= 11 is 0. The standard InChI is InChI=1S/C10H11F2NO/c1-13-6-9(14)7-3-2-4-8(5-7)10(11)12/h2-5,10,13H,6H2,1H3. The summed E-state index contributed by atoms with van der Waals surface area (Å²) in [5.41, 5.74) is 0.198. The molecule has 0 aliphatic carbocycles. The van der Waals surface area contributed by atoms with Crippen molar-refractivity contribution in [1.29, 1.82) is 0 Å². The third-order valence-corrected chi connectivity index (χ3v) is 1.80. The number of carbonyl (C=O) groups excluding carboxylic acids is 1. The smallest absolute Gasteiger partial charge is 0.263 e. The number of likely N-dealkylation sites (N-methyl/N-ethyl adjacent to an activating group) is 1. The SMILES string of the molecule is CNCC(=O)c1cccc(C(F)F)c1. The first-order valence-electron chi connectivity index (χ1n) is 4.21. The number of ketones is 1. The van der Waals surface area contributed by atoms with Gasteiger partial charge in [0.2, 0.25) is 0 Å². The van der Waals surface area contributed by atoms with Crippen molar-refractivity contribution in [2.75, 3.05) is 13.6 Å². The van der Waals surface area contributed by atoms with Gasteiger partial charge in [0.25, 0.3) is 6.43 Å². The zero-order chi connectivity index (χ0) is 10.6. The Labute approximate surface area is 80.9 Å². The summed E-state index contributed by atoms with van der Waals surface area (Å²) in [5, 5.41) is 2.68. The molecule has 2 nitrogen and oxygen atoms in total. The van der Waals surface area contributed by atoms with Crippen LogP contribution in [-0.4, -0.2) is 19.4 Å². The van der Waals surface area contributed by atoms with Crippen LogP contribution in [-0.2, 0) is 0 Å². The van der Waals surface area contributed by atoms with Crippen LogP contribution in [0.1, 0.15) is 22.3 Å². The van der Waals surface area contributed by atoms with Crippen LogP contribution in [0.2, 0.25) is 0 Å². The molecule has 1 aromatic carbocycles. The van der Waals surface area contributed by atoms with Gasteiger partial charge in [-0.05, 0) is 13.1 Å². The molecule has 1 N–H and O–H groups in total. The molecule has 0 fully saturated rings. The van der Waals surface area contributed by atoms with E-state index in [-0.39, 0.29) is 17.9 Å². The summed E-state index contributed by atoms with van der Waals surface area (Å²) in [6.07, 6.45) is -2.53. The van der Waals surface area contributed by atoms with Gasteiger partial charge in [0, 0.05) is 11.1 Å². The number of halogens is 2. The Morgan fingerprint density at radius 2 is 2.21 bits per heavy atom. The van der Waals surface area contributed by atoms with E-state index in [0.717, 1.165) is 0 Å². The summed E-state index contributed by atoms with van der Waals surface area (Å²) < 4.78 is 24.5. The number of benzene rings is 1. The minimum Gasteiger partial charge on any atom is -0.313 e. The van der Waals surface area contributed by atoms with Crippen LogP contribution in [0.25, 0.3) is 0 Å². The first kappa shape index (κ1) is 10.8. The number of rotatable bonds is 4. The highest BCUT2D eigenvalue weighted by atomic mass is 19.3. The molecule has 14 heavy (non-hydrogen) atoms. The number of hydrogen-bond acceptors (Lipinski definition) is 2. The highest BCUT2D eigenvalue weighted by Crippen LogP contribution is 2.19. The number of nitrogens with one attached hydrogen (secondary N) is 1. The molecule has 1 aromatic rings. The van der Waals surface area contributed by atoms with Crippen LogP contribution >= 0.6 is 0 Å². The predicted molar refractivity (Wildman–Crippen MR) is 49.7 cm³/mol. The van der Waals surface area contributed by atoms with Crippen molar-refractivity contribution in [3.8, 4) is 0 Å². The van der Waals surface area contributed by atoms with Gasteiger partial charge < -0.3 is 5.32 Å². The monoisotopic (exact) mass is 199 g/mol. The molecule has 0 saturated carbocycles. The maximum atomic E-state index is 12.3. The van der Waals surface area contributed by atoms with Gasteiger partial charge in [-0.1, -0.05) is 18.2 Å². The molecule has 0 heterocycles. The summed E-state index contributed by atoms with van der Waals surface area (Å²) in [4.78, 5) is 11.3. The molecular formula is C10H11F2NO. The van der Waals surface area contributed by atoms with E-state index < -0.39 is 6.43 Å². The molecule has 1 rings (SSSR count). The zero-order valence-electron chi connectivity index (χ0n) is 7.76. The number of alkyl halides is 2. The molecule has 0 aliphatic rings. The van der Waals surface area contributed by atoms with E-state index in [1.54, 1.807) is 7.05 Å². The fraction of sp³-hybridized carbons (Fsp3) is 0.300. The van der Waals surface area contributed by atoms with E-state index in [4.69, 9.17) is 0 Å². The molecule has 76 valence electrons. The second kappa shape index (κ2) is 4.81. The summed E-state index contributed by atoms with van der Waals surface area (Å²) in [6, 6.07) is 5.53. The average Bonchev–Trinajstić information content (AvgIpc) is 2.18. The lowest BCUT2D eigenvalue weighted by Gasteiger charge is -2.03. The first-order valence-corrected chi connectivity index (χ1v) is 4.21. The van der Waals surface area contributed by atoms with Gasteiger partial charge >= 0.3 is 0 Å². The molecule has 0 aromatic heterocycles. The van der Waals surface area contributed by atoms with Gasteiger partial charge in [-0.15, -0.1) is 0 Å². The largest absolute Gasteiger partial charge is 0.313 e. The lowest BCUT2D eigenvalue weighted by atomic mass is 10.1. The molecule has 0 aliphatic heterocycles. The fourth-order valence-electron chi connectivity index (χ4n) is 1.11. The van der Waals surface area contributed by atoms with Crippen molar-refractivity contribution in [1.82, 2.24) is 5.32 Å². The highest BCUT2D eigenvalue weighted by Gasteiger charge is 2.10. The van der Waals surface area contributed by atoms with E-state index in [1.807, 2.05) is 0 Å². The zero-order valence-corrected chi connectivity index (χ0v) is 7.76. The number of hydrogen-bond donors (Lipinski definition) is 1. The second-order valence-electron chi connectivity index (χ2n) is 2.88. The van der Waals surface area contributed by atoms with Gasteiger partial charge in [0.15, 0.2) is 5.78 Å². The lowest BCUT2D eigenvalue weighted by molar-refractivity contribution is 0.0993. The molecule has 4 heteroatoms. The van der Waals surface area contributed by atoms with Gasteiger partial charge in [-0.25, -0.2) is 8.78 Å². The van der Waals surface area contributed by atoms with Gasteiger partial charge in [0.05, 0.1) is 6.54 Å². The molecule has 0 amide bonds. The molecule has 0 saturated heterocycles. The summed E-state index contributed by atoms with van der Waals surface area (Å²) in [6.45, 7) is 0.159. The molecule has 0 atom stereocenters. The fourth-order valence-corrected chi connectivity index (χ4v) is 1.11. The van der Waals surface area contributed by atoms with Crippen LogP contribution in [0.4, 0.5) is 8.78 Å². The van der Waals surface area contributed by atoms with E-state index in [9.17, 15) is 13.6 Å². The van der Waals surface area contributed by atoms with Crippen molar-refractivity contribution < 1.29 is 13.6 Å². The molecule has 0 unspecified atom stereocenters. The average molecular weight is 199 g/mol. The second-order valence-corrected chi connectivity index (χ2v) is 2.88. The quantitative estimate of drug-likeness (QED) is 0.752. The van der Waals surface area contributed by atoms with E-state index >= 15 is 0 Å². The van der Waals surface area contributed by atoms with E-state index in [2.05, 4.69) is 5.32 Å². The van der Waals surface area contributed by atoms with Crippen molar-refractivity contribution >= 4 is 5.78 Å². The van der Waals surface area contributed by atoms with Gasteiger partial charge in [-0.3, -0.25) is 4.79 Å². The van der Waals surface area contributed by atoms with Crippen molar-refractivity contribution in [3.05, 3.63) is 35.4 Å². The van der Waals surface area contributed by atoms with Crippen LogP contribution in [0.5, 0.6) is 0 Å². The minimum absolute atomic E-state index is 0.119. The third-order valence-electron chi connectivity index (χ3n) is 1.80. The van der Waals surface area contributed by atoms with Crippen LogP contribution < -0.4 is 5.32 Å². The summed E-state index contributed by atoms with van der Waals surface area (Å²) in [5.74, 6) is -0.185.